The fourth-order valence-corrected chi connectivity index (χ4v) is 10.1. The van der Waals surface area contributed by atoms with Crippen molar-refractivity contribution in [1.29, 1.82) is 0 Å². The molecule has 0 aliphatic carbocycles. The zero-order chi connectivity index (χ0) is 21.8. The van der Waals surface area contributed by atoms with E-state index in [4.69, 9.17) is 4.74 Å². The highest BCUT2D eigenvalue weighted by atomic mass is 79.9. The highest BCUT2D eigenvalue weighted by Gasteiger charge is 2.41. The quantitative estimate of drug-likeness (QED) is 0.358. The number of aliphatic hydroxyl groups excluding tert-OH is 1. The van der Waals surface area contributed by atoms with Crippen LogP contribution in [0.3, 0.4) is 0 Å². The summed E-state index contributed by atoms with van der Waals surface area (Å²) in [5, 5.41) is 10.9. The van der Waals surface area contributed by atoms with Gasteiger partial charge in [-0.2, -0.15) is 0 Å². The number of hydrogen-bond acceptors (Lipinski definition) is 2. The molecular weight excluding hydrogens is 440 g/mol. The molecule has 1 atom stereocenters. The van der Waals surface area contributed by atoms with Gasteiger partial charge in [-0.05, 0) is 52.5 Å². The van der Waals surface area contributed by atoms with Gasteiger partial charge in [-0.1, -0.05) is 75.5 Å². The van der Waals surface area contributed by atoms with Gasteiger partial charge in [-0.3, -0.25) is 0 Å². The molecule has 29 heavy (non-hydrogen) atoms. The molecule has 0 aliphatic rings. The van der Waals surface area contributed by atoms with Crippen molar-refractivity contribution in [1.82, 2.24) is 0 Å². The van der Waals surface area contributed by atoms with Gasteiger partial charge in [-0.15, -0.1) is 5.54 Å². The first-order chi connectivity index (χ1) is 13.6. The standard InChI is InChI=1S/C25H33BrO2Si/c1-17(2)29(18(3)4,19(5)6)15-14-20-8-10-21(11-9-20)25(27)23-16-22(26)12-13-24(23)28-7/h8-13,16-19,25,27H,1-7H3/t25-/m1/s1. The average Bonchev–Trinajstić information content (AvgIpc) is 2.67. The second-order valence-corrected chi connectivity index (χ2v) is 15.1. The summed E-state index contributed by atoms with van der Waals surface area (Å²) >= 11 is 3.47. The van der Waals surface area contributed by atoms with E-state index in [0.29, 0.717) is 22.4 Å². The Labute approximate surface area is 185 Å². The van der Waals surface area contributed by atoms with Gasteiger partial charge in [0.2, 0.25) is 0 Å². The molecule has 0 spiro atoms. The van der Waals surface area contributed by atoms with Gasteiger partial charge >= 0.3 is 0 Å². The van der Waals surface area contributed by atoms with Crippen molar-refractivity contribution in [2.45, 2.75) is 64.3 Å². The molecule has 0 fully saturated rings. The fraction of sp³-hybridized carbons (Fsp3) is 0.440. The van der Waals surface area contributed by atoms with Crippen molar-refractivity contribution in [2.75, 3.05) is 7.11 Å². The van der Waals surface area contributed by atoms with Gasteiger partial charge in [0.05, 0.1) is 7.11 Å². The molecule has 0 amide bonds. The maximum atomic E-state index is 10.9. The summed E-state index contributed by atoms with van der Waals surface area (Å²) in [5.41, 5.74) is 8.16. The third-order valence-corrected chi connectivity index (χ3v) is 12.8. The Morgan fingerprint density at radius 1 is 0.897 bits per heavy atom. The van der Waals surface area contributed by atoms with Crippen molar-refractivity contribution in [2.24, 2.45) is 0 Å². The van der Waals surface area contributed by atoms with Crippen molar-refractivity contribution < 1.29 is 9.84 Å². The Bertz CT molecular complexity index is 854. The summed E-state index contributed by atoms with van der Waals surface area (Å²) in [6.45, 7) is 14.0. The third kappa shape index (κ3) is 5.15. The zero-order valence-corrected chi connectivity index (χ0v) is 21.2. The number of aliphatic hydroxyl groups is 1. The Kier molecular flexibility index (Phi) is 8.16. The monoisotopic (exact) mass is 472 g/mol. The molecule has 0 unspecified atom stereocenters. The Morgan fingerprint density at radius 2 is 1.45 bits per heavy atom. The number of halogens is 1. The molecule has 0 heterocycles. The van der Waals surface area contributed by atoms with E-state index in [1.807, 2.05) is 42.5 Å². The van der Waals surface area contributed by atoms with Gasteiger partial charge in [-0.25, -0.2) is 0 Å². The van der Waals surface area contributed by atoms with Crippen molar-refractivity contribution in [3.8, 4) is 17.2 Å². The molecule has 0 aromatic heterocycles. The van der Waals surface area contributed by atoms with Crippen LogP contribution in [0.25, 0.3) is 0 Å². The van der Waals surface area contributed by atoms with Crippen LogP contribution >= 0.6 is 15.9 Å². The van der Waals surface area contributed by atoms with Crippen LogP contribution in [0.2, 0.25) is 16.6 Å². The lowest BCUT2D eigenvalue weighted by Gasteiger charge is -2.38. The van der Waals surface area contributed by atoms with Crippen molar-refractivity contribution >= 4 is 24.0 Å². The molecule has 0 bridgehead atoms. The van der Waals surface area contributed by atoms with Crippen LogP contribution < -0.4 is 4.74 Å². The molecule has 2 rings (SSSR count). The van der Waals surface area contributed by atoms with E-state index in [-0.39, 0.29) is 0 Å². The molecule has 2 aromatic carbocycles. The predicted molar refractivity (Wildman–Crippen MR) is 129 cm³/mol. The number of methoxy groups -OCH3 is 1. The Morgan fingerprint density at radius 3 is 1.93 bits per heavy atom. The highest BCUT2D eigenvalue weighted by Crippen LogP contribution is 2.40. The molecule has 2 aromatic rings. The molecule has 1 N–H and O–H groups in total. The topological polar surface area (TPSA) is 29.5 Å². The number of ether oxygens (including phenoxy) is 1. The second kappa shape index (κ2) is 9.98. The highest BCUT2D eigenvalue weighted by molar-refractivity contribution is 9.10. The van der Waals surface area contributed by atoms with E-state index >= 15 is 0 Å². The van der Waals surface area contributed by atoms with Gasteiger partial charge < -0.3 is 9.84 Å². The lowest BCUT2D eigenvalue weighted by atomic mass is 9.99. The van der Waals surface area contributed by atoms with E-state index < -0.39 is 14.2 Å². The number of rotatable bonds is 6. The fourth-order valence-electron chi connectivity index (χ4n) is 4.46. The summed E-state index contributed by atoms with van der Waals surface area (Å²) in [4.78, 5) is 0. The van der Waals surface area contributed by atoms with Crippen LogP contribution in [0, 0.1) is 11.5 Å². The lowest BCUT2D eigenvalue weighted by Crippen LogP contribution is -2.43. The van der Waals surface area contributed by atoms with Crippen LogP contribution in [0.15, 0.2) is 46.9 Å². The van der Waals surface area contributed by atoms with Crippen LogP contribution in [0.5, 0.6) is 5.75 Å². The average molecular weight is 474 g/mol. The summed E-state index contributed by atoms with van der Waals surface area (Å²) < 4.78 is 6.32. The largest absolute Gasteiger partial charge is 0.496 e. The predicted octanol–water partition coefficient (Wildman–Crippen LogP) is 7.11. The lowest BCUT2D eigenvalue weighted by molar-refractivity contribution is 0.214. The first kappa shape index (κ1) is 23.7. The molecule has 4 heteroatoms. The smallest absolute Gasteiger partial charge is 0.146 e. The Hall–Kier alpha value is -1.54. The van der Waals surface area contributed by atoms with Crippen molar-refractivity contribution in [3.63, 3.8) is 0 Å². The van der Waals surface area contributed by atoms with E-state index in [1.165, 1.54) is 0 Å². The number of benzene rings is 2. The van der Waals surface area contributed by atoms with Crippen LogP contribution in [0.4, 0.5) is 0 Å². The van der Waals surface area contributed by atoms with Crippen molar-refractivity contribution in [3.05, 3.63) is 63.6 Å². The first-order valence-corrected chi connectivity index (χ1v) is 13.3. The normalized spacial score (nSPS) is 12.8. The van der Waals surface area contributed by atoms with E-state index in [2.05, 4.69) is 68.9 Å². The summed E-state index contributed by atoms with van der Waals surface area (Å²) in [6, 6.07) is 13.6. The van der Waals surface area contributed by atoms with Crippen LogP contribution in [-0.4, -0.2) is 20.3 Å². The second-order valence-electron chi connectivity index (χ2n) is 8.56. The molecule has 0 aliphatic heterocycles. The van der Waals surface area contributed by atoms with Crippen LogP contribution in [0.1, 0.15) is 64.3 Å². The van der Waals surface area contributed by atoms with E-state index in [0.717, 1.165) is 21.2 Å². The van der Waals surface area contributed by atoms with Gasteiger partial charge in [0.25, 0.3) is 0 Å². The molecule has 2 nitrogen and oxygen atoms in total. The first-order valence-electron chi connectivity index (χ1n) is 10.3. The summed E-state index contributed by atoms with van der Waals surface area (Å²) in [7, 11) is -0.132. The minimum absolute atomic E-state index is 0.611. The Balaban J connectivity index is 2.35. The maximum Gasteiger partial charge on any atom is 0.146 e. The van der Waals surface area contributed by atoms with E-state index in [9.17, 15) is 5.11 Å². The number of hydrogen-bond donors (Lipinski definition) is 1. The minimum atomic E-state index is -1.75. The summed E-state index contributed by atoms with van der Waals surface area (Å²) in [6.07, 6.45) is -0.750. The SMILES string of the molecule is COc1ccc(Br)cc1[C@H](O)c1ccc(C#C[Si](C(C)C)(C(C)C)C(C)C)cc1. The molecular formula is C25H33BrO2Si. The van der Waals surface area contributed by atoms with E-state index in [1.54, 1.807) is 7.11 Å². The van der Waals surface area contributed by atoms with Gasteiger partial charge in [0, 0.05) is 15.6 Å². The molecule has 0 radical (unpaired) electrons. The molecule has 156 valence electrons. The molecule has 0 saturated heterocycles. The van der Waals surface area contributed by atoms with Gasteiger partial charge in [0.1, 0.15) is 19.9 Å². The zero-order valence-electron chi connectivity index (χ0n) is 18.6. The summed E-state index contributed by atoms with van der Waals surface area (Å²) in [5.74, 6) is 4.14. The van der Waals surface area contributed by atoms with Crippen LogP contribution in [-0.2, 0) is 0 Å². The third-order valence-electron chi connectivity index (χ3n) is 6.00. The molecule has 0 saturated carbocycles. The minimum Gasteiger partial charge on any atom is -0.496 e. The maximum absolute atomic E-state index is 10.9. The van der Waals surface area contributed by atoms with Gasteiger partial charge in [0.15, 0.2) is 0 Å².